The molecule has 0 spiro atoms. The summed E-state index contributed by atoms with van der Waals surface area (Å²) in [6.07, 6.45) is 13.1. The van der Waals surface area contributed by atoms with Crippen LogP contribution in [0.3, 0.4) is 0 Å². The second kappa shape index (κ2) is 12.5. The number of aliphatic carboxylic acids is 1. The molecule has 4 unspecified atom stereocenters. The fraction of sp³-hybridized carbons (Fsp3) is 0.750. The molecule has 0 heterocycles. The minimum absolute atomic E-state index is 0.114. The summed E-state index contributed by atoms with van der Waals surface area (Å²) in [7, 11) is 0. The molecule has 6 nitrogen and oxygen atoms in total. The van der Waals surface area contributed by atoms with Crippen LogP contribution in [0.5, 0.6) is 0 Å². The van der Waals surface area contributed by atoms with E-state index in [-0.39, 0.29) is 39.6 Å². The standard InChI is InChI=1S/C44H64O6/c1-27(2)29-17-23-44(22-16-28-12-10-11-13-30(28)37(46)47)25-24-42(8)31(36(29)44)14-15-33-41(7)20-19-34(50-35(45)26-39(3,4)38(48)49)40(5,6)32(41)18-21-43(33,42)9/h10-13,29,31-34,36H,1,14-26H2,2-9H3,(H,46,47)(H,48,49)/t29-,31?,32?,33?,34-,36?,41-,42+,43+,44+/m0/s1. The van der Waals surface area contributed by atoms with E-state index in [9.17, 15) is 24.6 Å². The minimum Gasteiger partial charge on any atom is -0.481 e. The van der Waals surface area contributed by atoms with E-state index in [0.717, 1.165) is 37.7 Å². The molecule has 5 fully saturated rings. The van der Waals surface area contributed by atoms with Gasteiger partial charge in [-0.05, 0) is 161 Å². The SMILES string of the molecule is C=C(C)[C@@H]1CC[C@]2(CCc3ccccc3C(=O)O)CC[C@]3(C)C(CCC4[C@@]5(C)CC[C@H](OC(=O)CC(C)(C)C(=O)O)C(C)(C)C5CC[C@]43C)C12. The Bertz CT molecular complexity index is 1540. The Morgan fingerprint density at radius 2 is 1.56 bits per heavy atom. The van der Waals surface area contributed by atoms with Crippen LogP contribution in [0.4, 0.5) is 0 Å². The summed E-state index contributed by atoms with van der Waals surface area (Å²) in [5, 5.41) is 19.5. The Hall–Kier alpha value is -2.63. The Morgan fingerprint density at radius 3 is 2.22 bits per heavy atom. The summed E-state index contributed by atoms with van der Waals surface area (Å²) in [6.45, 7) is 22.5. The average Bonchev–Trinajstić information content (AvgIpc) is 3.42. The smallest absolute Gasteiger partial charge is 0.335 e. The number of esters is 1. The van der Waals surface area contributed by atoms with Gasteiger partial charge in [0.1, 0.15) is 6.10 Å². The lowest BCUT2D eigenvalue weighted by molar-refractivity contribution is -0.250. The first-order chi connectivity index (χ1) is 23.2. The zero-order valence-electron chi connectivity index (χ0n) is 32.2. The highest BCUT2D eigenvalue weighted by Gasteiger charge is 2.71. The molecule has 0 amide bonds. The molecule has 276 valence electrons. The van der Waals surface area contributed by atoms with Gasteiger partial charge in [-0.3, -0.25) is 9.59 Å². The van der Waals surface area contributed by atoms with Crippen molar-refractivity contribution in [2.45, 2.75) is 145 Å². The second-order valence-electron chi connectivity index (χ2n) is 19.7. The lowest BCUT2D eigenvalue weighted by atomic mass is 9.32. The quantitative estimate of drug-likeness (QED) is 0.198. The van der Waals surface area contributed by atoms with E-state index in [2.05, 4.69) is 48.1 Å². The number of rotatable bonds is 9. The molecule has 5 saturated carbocycles. The normalized spacial score (nSPS) is 40.4. The Morgan fingerprint density at radius 1 is 0.860 bits per heavy atom. The first-order valence-corrected chi connectivity index (χ1v) is 19.6. The van der Waals surface area contributed by atoms with Crippen LogP contribution in [0.25, 0.3) is 0 Å². The Kier molecular flexibility index (Phi) is 9.29. The monoisotopic (exact) mass is 688 g/mol. The van der Waals surface area contributed by atoms with Crippen molar-refractivity contribution in [3.05, 3.63) is 47.5 Å². The molecule has 0 radical (unpaired) electrons. The third kappa shape index (κ3) is 5.59. The predicted molar refractivity (Wildman–Crippen MR) is 197 cm³/mol. The van der Waals surface area contributed by atoms with Gasteiger partial charge in [0, 0.05) is 5.41 Å². The number of carbonyl (C=O) groups excluding carboxylic acids is 1. The number of benzene rings is 1. The molecule has 5 aliphatic rings. The van der Waals surface area contributed by atoms with Gasteiger partial charge in [0.15, 0.2) is 0 Å². The van der Waals surface area contributed by atoms with Crippen LogP contribution in [0.15, 0.2) is 36.4 Å². The number of allylic oxidation sites excluding steroid dienone is 1. The van der Waals surface area contributed by atoms with Crippen molar-refractivity contribution in [2.75, 3.05) is 0 Å². The van der Waals surface area contributed by atoms with Crippen LogP contribution < -0.4 is 0 Å². The largest absolute Gasteiger partial charge is 0.481 e. The molecule has 0 bridgehead atoms. The van der Waals surface area contributed by atoms with Gasteiger partial charge >= 0.3 is 17.9 Å². The molecule has 10 atom stereocenters. The topological polar surface area (TPSA) is 101 Å². The number of hydrogen-bond donors (Lipinski definition) is 2. The van der Waals surface area contributed by atoms with Crippen LogP contribution in [0.2, 0.25) is 0 Å². The lowest BCUT2D eigenvalue weighted by Crippen LogP contribution is -2.66. The lowest BCUT2D eigenvalue weighted by Gasteiger charge is -2.73. The molecule has 1 aromatic rings. The van der Waals surface area contributed by atoms with Crippen molar-refractivity contribution < 1.29 is 29.3 Å². The molecule has 0 aliphatic heterocycles. The number of aromatic carboxylic acids is 1. The minimum atomic E-state index is -1.14. The molecule has 50 heavy (non-hydrogen) atoms. The van der Waals surface area contributed by atoms with Crippen molar-refractivity contribution in [1.29, 1.82) is 0 Å². The number of fused-ring (bicyclic) bond motifs is 7. The fourth-order valence-electron chi connectivity index (χ4n) is 13.9. The number of carboxylic acids is 2. The van der Waals surface area contributed by atoms with Crippen LogP contribution in [-0.2, 0) is 20.7 Å². The maximum absolute atomic E-state index is 13.1. The Labute approximate surface area is 301 Å². The summed E-state index contributed by atoms with van der Waals surface area (Å²) in [4.78, 5) is 36.9. The first kappa shape index (κ1) is 37.1. The number of aryl methyl sites for hydroxylation is 1. The zero-order valence-corrected chi connectivity index (χ0v) is 32.2. The highest BCUT2D eigenvalue weighted by molar-refractivity contribution is 5.89. The van der Waals surface area contributed by atoms with E-state index in [0.29, 0.717) is 35.2 Å². The number of ether oxygens (including phenoxy) is 1. The summed E-state index contributed by atoms with van der Waals surface area (Å²) >= 11 is 0. The van der Waals surface area contributed by atoms with Crippen molar-refractivity contribution in [3.8, 4) is 0 Å². The van der Waals surface area contributed by atoms with E-state index in [1.807, 2.05) is 18.2 Å². The van der Waals surface area contributed by atoms with Gasteiger partial charge in [0.25, 0.3) is 0 Å². The molecule has 2 N–H and O–H groups in total. The van der Waals surface area contributed by atoms with Gasteiger partial charge in [-0.25, -0.2) is 4.79 Å². The Balaban J connectivity index is 1.26. The molecule has 1 aromatic carbocycles. The third-order valence-corrected chi connectivity index (χ3v) is 16.8. The van der Waals surface area contributed by atoms with Crippen molar-refractivity contribution in [2.24, 2.45) is 62.1 Å². The average molecular weight is 689 g/mol. The maximum Gasteiger partial charge on any atom is 0.335 e. The predicted octanol–water partition coefficient (Wildman–Crippen LogP) is 10.4. The van der Waals surface area contributed by atoms with E-state index in [4.69, 9.17) is 4.74 Å². The van der Waals surface area contributed by atoms with Crippen molar-refractivity contribution in [3.63, 3.8) is 0 Å². The van der Waals surface area contributed by atoms with E-state index >= 15 is 0 Å². The summed E-state index contributed by atoms with van der Waals surface area (Å²) in [5.74, 6) is 0.557. The van der Waals surface area contributed by atoms with Gasteiger partial charge in [-0.15, -0.1) is 0 Å². The number of carboxylic acid groups (broad SMARTS) is 2. The first-order valence-electron chi connectivity index (χ1n) is 19.6. The van der Waals surface area contributed by atoms with E-state index in [1.165, 1.54) is 50.5 Å². The molecule has 6 rings (SSSR count). The van der Waals surface area contributed by atoms with Gasteiger partial charge in [0.05, 0.1) is 17.4 Å². The molecular formula is C44H64O6. The van der Waals surface area contributed by atoms with Crippen LogP contribution in [0.1, 0.15) is 148 Å². The van der Waals surface area contributed by atoms with E-state index in [1.54, 1.807) is 19.9 Å². The van der Waals surface area contributed by atoms with E-state index < -0.39 is 23.3 Å². The van der Waals surface area contributed by atoms with Crippen LogP contribution >= 0.6 is 0 Å². The molecular weight excluding hydrogens is 624 g/mol. The number of hydrogen-bond acceptors (Lipinski definition) is 4. The highest BCUT2D eigenvalue weighted by Crippen LogP contribution is 2.78. The molecule has 0 saturated heterocycles. The molecule has 6 heteroatoms. The summed E-state index contributed by atoms with van der Waals surface area (Å²) < 4.78 is 6.18. The van der Waals surface area contributed by atoms with Crippen LogP contribution in [-0.4, -0.2) is 34.2 Å². The van der Waals surface area contributed by atoms with Gasteiger partial charge < -0.3 is 14.9 Å². The van der Waals surface area contributed by atoms with Crippen molar-refractivity contribution >= 4 is 17.9 Å². The van der Waals surface area contributed by atoms with Gasteiger partial charge in [-0.1, -0.05) is 65.0 Å². The third-order valence-electron chi connectivity index (χ3n) is 16.8. The van der Waals surface area contributed by atoms with Gasteiger partial charge in [0.2, 0.25) is 0 Å². The van der Waals surface area contributed by atoms with Crippen molar-refractivity contribution in [1.82, 2.24) is 0 Å². The zero-order chi connectivity index (χ0) is 36.7. The fourth-order valence-corrected chi connectivity index (χ4v) is 13.9. The molecule has 5 aliphatic carbocycles. The second-order valence-corrected chi connectivity index (χ2v) is 19.7. The summed E-state index contributed by atoms with van der Waals surface area (Å²) in [5.41, 5.74) is 2.20. The molecule has 0 aromatic heterocycles. The van der Waals surface area contributed by atoms with Crippen LogP contribution in [0, 0.1) is 62.1 Å². The highest BCUT2D eigenvalue weighted by atomic mass is 16.5. The summed E-state index contributed by atoms with van der Waals surface area (Å²) in [6, 6.07) is 7.60. The van der Waals surface area contributed by atoms with Gasteiger partial charge in [-0.2, -0.15) is 0 Å². The number of carbonyl (C=O) groups is 3. The maximum atomic E-state index is 13.1.